The summed E-state index contributed by atoms with van der Waals surface area (Å²) in [5.74, 6) is 0.731. The molecular weight excluding hydrogens is 179 g/mol. The van der Waals surface area contributed by atoms with E-state index < -0.39 is 5.67 Å². The van der Waals surface area contributed by atoms with Gasteiger partial charge >= 0.3 is 0 Å². The molecule has 3 unspecified atom stereocenters. The lowest BCUT2D eigenvalue weighted by molar-refractivity contribution is 0.0918. The average molecular weight is 200 g/mol. The van der Waals surface area contributed by atoms with Crippen LogP contribution in [0.1, 0.15) is 32.6 Å². The van der Waals surface area contributed by atoms with Crippen LogP contribution in [0, 0.1) is 5.92 Å². The van der Waals surface area contributed by atoms with Crippen LogP contribution in [0.25, 0.3) is 0 Å². The zero-order chi connectivity index (χ0) is 10.0. The average Bonchev–Trinajstić information content (AvgIpc) is 2.67. The zero-order valence-corrected chi connectivity index (χ0v) is 8.98. The highest BCUT2D eigenvalue weighted by molar-refractivity contribution is 5.00. The molecule has 0 spiro atoms. The van der Waals surface area contributed by atoms with E-state index in [0.29, 0.717) is 13.0 Å². The summed E-state index contributed by atoms with van der Waals surface area (Å²) in [7, 11) is 0. The highest BCUT2D eigenvalue weighted by Gasteiger charge is 2.43. The summed E-state index contributed by atoms with van der Waals surface area (Å²) in [6, 6.07) is 0.0937. The number of rotatable bonds is 2. The number of hydrogen-bond donors (Lipinski definition) is 2. The van der Waals surface area contributed by atoms with Gasteiger partial charge in [-0.25, -0.2) is 4.39 Å². The summed E-state index contributed by atoms with van der Waals surface area (Å²) in [4.78, 5) is 0. The van der Waals surface area contributed by atoms with Crippen molar-refractivity contribution in [3.8, 4) is 0 Å². The molecule has 2 N–H and O–H groups in total. The second kappa shape index (κ2) is 4.15. The van der Waals surface area contributed by atoms with Gasteiger partial charge in [0.05, 0.1) is 0 Å². The second-order valence-corrected chi connectivity index (χ2v) is 4.77. The molecule has 0 aromatic carbocycles. The fourth-order valence-electron chi connectivity index (χ4n) is 2.74. The number of piperidine rings is 1. The first kappa shape index (κ1) is 10.4. The molecule has 3 heteroatoms. The number of alkyl halides is 1. The Morgan fingerprint density at radius 2 is 2.29 bits per heavy atom. The Bertz CT molecular complexity index is 190. The van der Waals surface area contributed by atoms with Gasteiger partial charge < -0.3 is 10.6 Å². The fraction of sp³-hybridized carbons (Fsp3) is 1.00. The van der Waals surface area contributed by atoms with Crippen LogP contribution in [0.15, 0.2) is 0 Å². The first-order valence-corrected chi connectivity index (χ1v) is 5.87. The van der Waals surface area contributed by atoms with Crippen molar-refractivity contribution in [2.75, 3.05) is 19.6 Å². The van der Waals surface area contributed by atoms with Crippen LogP contribution in [-0.2, 0) is 0 Å². The van der Waals surface area contributed by atoms with Gasteiger partial charge in [0.15, 0.2) is 0 Å². The smallest absolute Gasteiger partial charge is 0.139 e. The Kier molecular flexibility index (Phi) is 3.07. The van der Waals surface area contributed by atoms with E-state index in [1.54, 1.807) is 0 Å². The van der Waals surface area contributed by atoms with E-state index in [4.69, 9.17) is 0 Å². The molecule has 2 rings (SSSR count). The quantitative estimate of drug-likeness (QED) is 0.705. The molecule has 0 aliphatic carbocycles. The maximum Gasteiger partial charge on any atom is 0.139 e. The number of nitrogens with one attached hydrogen (secondary N) is 2. The molecular formula is C11H21FN2. The van der Waals surface area contributed by atoms with E-state index in [-0.39, 0.29) is 6.04 Å². The third kappa shape index (κ3) is 1.94. The van der Waals surface area contributed by atoms with Crippen molar-refractivity contribution in [1.29, 1.82) is 0 Å². The van der Waals surface area contributed by atoms with Crippen LogP contribution in [0.2, 0.25) is 0 Å². The minimum Gasteiger partial charge on any atom is -0.313 e. The summed E-state index contributed by atoms with van der Waals surface area (Å²) in [6.07, 6.45) is 4.12. The highest BCUT2D eigenvalue weighted by atomic mass is 19.1. The van der Waals surface area contributed by atoms with Gasteiger partial charge in [0, 0.05) is 12.6 Å². The lowest BCUT2D eigenvalue weighted by Crippen LogP contribution is -2.53. The summed E-state index contributed by atoms with van der Waals surface area (Å²) >= 11 is 0. The lowest BCUT2D eigenvalue weighted by Gasteiger charge is -2.37. The highest BCUT2D eigenvalue weighted by Crippen LogP contribution is 2.32. The molecule has 2 nitrogen and oxygen atoms in total. The third-order valence-electron chi connectivity index (χ3n) is 3.85. The van der Waals surface area contributed by atoms with Crippen LogP contribution in [-0.4, -0.2) is 31.3 Å². The molecule has 2 aliphatic rings. The van der Waals surface area contributed by atoms with Crippen LogP contribution in [0.3, 0.4) is 0 Å². The molecule has 0 amide bonds. The maximum atomic E-state index is 14.4. The van der Waals surface area contributed by atoms with E-state index in [9.17, 15) is 4.39 Å². The summed E-state index contributed by atoms with van der Waals surface area (Å²) in [5, 5.41) is 6.48. The maximum absolute atomic E-state index is 14.4. The van der Waals surface area contributed by atoms with Crippen LogP contribution in [0.5, 0.6) is 0 Å². The van der Waals surface area contributed by atoms with Gasteiger partial charge in [0.25, 0.3) is 0 Å². The number of halogens is 1. The topological polar surface area (TPSA) is 24.1 Å². The van der Waals surface area contributed by atoms with Crippen molar-refractivity contribution < 1.29 is 4.39 Å². The van der Waals surface area contributed by atoms with Crippen molar-refractivity contribution in [1.82, 2.24) is 10.6 Å². The van der Waals surface area contributed by atoms with E-state index in [1.807, 2.05) is 0 Å². The van der Waals surface area contributed by atoms with Crippen molar-refractivity contribution >= 4 is 0 Å². The van der Waals surface area contributed by atoms with Crippen molar-refractivity contribution in [3.05, 3.63) is 0 Å². The van der Waals surface area contributed by atoms with Gasteiger partial charge in [-0.3, -0.25) is 0 Å². The standard InChI is InChI=1S/C11H21FN2/c1-2-9-3-5-14-10(7-9)11(12)4-6-13-8-11/h9-10,13-14H,2-8H2,1H3. The summed E-state index contributed by atoms with van der Waals surface area (Å²) in [6.45, 7) is 4.59. The Balaban J connectivity index is 1.96. The normalized spacial score (nSPS) is 44.1. The first-order valence-electron chi connectivity index (χ1n) is 5.87. The Morgan fingerprint density at radius 3 is 2.93 bits per heavy atom. The zero-order valence-electron chi connectivity index (χ0n) is 8.98. The van der Waals surface area contributed by atoms with Gasteiger partial charge in [-0.05, 0) is 38.3 Å². The first-order chi connectivity index (χ1) is 6.74. The predicted octanol–water partition coefficient (Wildman–Crippen LogP) is 1.47. The molecule has 2 aliphatic heterocycles. The Labute approximate surface area is 85.6 Å². The fourth-order valence-corrected chi connectivity index (χ4v) is 2.74. The van der Waals surface area contributed by atoms with Gasteiger partial charge in [-0.1, -0.05) is 13.3 Å². The molecule has 82 valence electrons. The lowest BCUT2D eigenvalue weighted by atomic mass is 9.82. The molecule has 3 atom stereocenters. The molecule has 14 heavy (non-hydrogen) atoms. The molecule has 0 saturated carbocycles. The minimum atomic E-state index is -0.978. The van der Waals surface area contributed by atoms with Crippen LogP contribution in [0.4, 0.5) is 4.39 Å². The monoisotopic (exact) mass is 200 g/mol. The molecule has 0 bridgehead atoms. The Hall–Kier alpha value is -0.150. The van der Waals surface area contributed by atoms with Gasteiger partial charge in [-0.2, -0.15) is 0 Å². The van der Waals surface area contributed by atoms with Crippen molar-refractivity contribution in [2.45, 2.75) is 44.3 Å². The van der Waals surface area contributed by atoms with E-state index in [2.05, 4.69) is 17.6 Å². The Morgan fingerprint density at radius 1 is 1.43 bits per heavy atom. The molecule has 2 heterocycles. The van der Waals surface area contributed by atoms with Crippen LogP contribution < -0.4 is 10.6 Å². The molecule has 0 aromatic heterocycles. The van der Waals surface area contributed by atoms with E-state index in [1.165, 1.54) is 12.8 Å². The largest absolute Gasteiger partial charge is 0.313 e. The number of hydrogen-bond acceptors (Lipinski definition) is 2. The summed E-state index contributed by atoms with van der Waals surface area (Å²) in [5.41, 5.74) is -0.978. The SMILES string of the molecule is CCC1CCNC(C2(F)CCNC2)C1. The van der Waals surface area contributed by atoms with Crippen molar-refractivity contribution in [3.63, 3.8) is 0 Å². The third-order valence-corrected chi connectivity index (χ3v) is 3.85. The second-order valence-electron chi connectivity index (χ2n) is 4.77. The molecule has 2 fully saturated rings. The van der Waals surface area contributed by atoms with Gasteiger partial charge in [0.2, 0.25) is 0 Å². The van der Waals surface area contributed by atoms with Gasteiger partial charge in [0.1, 0.15) is 5.67 Å². The molecule has 0 aromatic rings. The van der Waals surface area contributed by atoms with Crippen LogP contribution >= 0.6 is 0 Å². The molecule has 0 radical (unpaired) electrons. The van der Waals surface area contributed by atoms with E-state index in [0.717, 1.165) is 25.4 Å². The van der Waals surface area contributed by atoms with Crippen molar-refractivity contribution in [2.24, 2.45) is 5.92 Å². The minimum absolute atomic E-state index is 0.0937. The molecule has 2 saturated heterocycles. The predicted molar refractivity (Wildman–Crippen MR) is 56.1 cm³/mol. The summed E-state index contributed by atoms with van der Waals surface area (Å²) < 4.78 is 14.4. The van der Waals surface area contributed by atoms with E-state index >= 15 is 0 Å². The van der Waals surface area contributed by atoms with Gasteiger partial charge in [-0.15, -0.1) is 0 Å².